The van der Waals surface area contributed by atoms with Crippen molar-refractivity contribution < 1.29 is 19.7 Å². The summed E-state index contributed by atoms with van der Waals surface area (Å²) >= 11 is 0. The molecule has 0 aliphatic carbocycles. The van der Waals surface area contributed by atoms with Gasteiger partial charge in [0.05, 0.1) is 11.9 Å². The number of ether oxygens (including phenoxy) is 1. The molecule has 2 N–H and O–H groups in total. The topological polar surface area (TPSA) is 79.7 Å². The van der Waals surface area contributed by atoms with Crippen molar-refractivity contribution in [3.8, 4) is 5.75 Å². The van der Waals surface area contributed by atoms with Crippen LogP contribution in [0.15, 0.2) is 12.3 Å². The Morgan fingerprint density at radius 2 is 2.31 bits per heavy atom. The minimum absolute atomic E-state index is 0.0705. The molecule has 1 aromatic rings. The second kappa shape index (κ2) is 6.07. The van der Waals surface area contributed by atoms with Crippen LogP contribution in [0.4, 0.5) is 0 Å². The van der Waals surface area contributed by atoms with Crippen LogP contribution in [0.3, 0.4) is 0 Å². The number of pyridine rings is 1. The maximum absolute atomic E-state index is 10.6. The third kappa shape index (κ3) is 3.86. The van der Waals surface area contributed by atoms with Crippen LogP contribution in [0.25, 0.3) is 0 Å². The van der Waals surface area contributed by atoms with Gasteiger partial charge in [0.2, 0.25) is 0 Å². The summed E-state index contributed by atoms with van der Waals surface area (Å²) in [5.74, 6) is -0.271. The monoisotopic (exact) mass is 225 g/mol. The van der Waals surface area contributed by atoms with E-state index in [1.165, 1.54) is 13.1 Å². The van der Waals surface area contributed by atoms with Crippen LogP contribution in [-0.4, -0.2) is 27.8 Å². The number of carbonyl (C=O) groups is 1. The zero-order valence-corrected chi connectivity index (χ0v) is 9.14. The van der Waals surface area contributed by atoms with Gasteiger partial charge in [-0.05, 0) is 24.5 Å². The number of hydrogen-bond donors (Lipinski definition) is 2. The first-order chi connectivity index (χ1) is 7.63. The summed E-state index contributed by atoms with van der Waals surface area (Å²) in [6.45, 7) is 1.50. The quantitative estimate of drug-likeness (QED) is 0.724. The predicted molar refractivity (Wildman–Crippen MR) is 56.8 cm³/mol. The number of aliphatic hydroxyl groups is 1. The lowest BCUT2D eigenvalue weighted by Crippen LogP contribution is -2.02. The molecule has 0 aromatic carbocycles. The third-order valence-electron chi connectivity index (χ3n) is 2.05. The second-order valence-electron chi connectivity index (χ2n) is 3.41. The standard InChI is InChI=1S/C11H15NO4/c1-8(14)16-7-10-5-9(3-2-4-13)11(15)6-12-10/h5-6,13,15H,2-4,7H2,1H3. The molecule has 0 atom stereocenters. The Bertz CT molecular complexity index is 365. The van der Waals surface area contributed by atoms with Gasteiger partial charge in [0.15, 0.2) is 0 Å². The number of aliphatic hydroxyl groups excluding tert-OH is 1. The number of hydrogen-bond acceptors (Lipinski definition) is 5. The lowest BCUT2D eigenvalue weighted by atomic mass is 10.1. The van der Waals surface area contributed by atoms with Gasteiger partial charge in [-0.2, -0.15) is 0 Å². The van der Waals surface area contributed by atoms with E-state index in [1.54, 1.807) is 6.07 Å². The van der Waals surface area contributed by atoms with Gasteiger partial charge in [-0.1, -0.05) is 0 Å². The van der Waals surface area contributed by atoms with Crippen molar-refractivity contribution in [2.75, 3.05) is 6.61 Å². The summed E-state index contributed by atoms with van der Waals surface area (Å²) < 4.78 is 4.79. The van der Waals surface area contributed by atoms with Crippen molar-refractivity contribution in [2.45, 2.75) is 26.4 Å². The van der Waals surface area contributed by atoms with E-state index >= 15 is 0 Å². The number of aryl methyl sites for hydroxylation is 1. The summed E-state index contributed by atoms with van der Waals surface area (Å²) in [7, 11) is 0. The number of nitrogens with zero attached hydrogens (tertiary/aromatic N) is 1. The molecule has 1 heterocycles. The molecule has 5 nitrogen and oxygen atoms in total. The SMILES string of the molecule is CC(=O)OCc1cc(CCCO)c(O)cn1. The highest BCUT2D eigenvalue weighted by Crippen LogP contribution is 2.18. The fourth-order valence-electron chi connectivity index (χ4n) is 1.26. The summed E-state index contributed by atoms with van der Waals surface area (Å²) in [6, 6.07) is 1.67. The van der Waals surface area contributed by atoms with E-state index in [9.17, 15) is 9.90 Å². The van der Waals surface area contributed by atoms with E-state index in [2.05, 4.69) is 4.98 Å². The van der Waals surface area contributed by atoms with E-state index in [1.807, 2.05) is 0 Å². The molecular weight excluding hydrogens is 210 g/mol. The van der Waals surface area contributed by atoms with Crippen molar-refractivity contribution in [1.29, 1.82) is 0 Å². The Morgan fingerprint density at radius 3 is 2.94 bits per heavy atom. The molecule has 0 bridgehead atoms. The molecule has 0 fully saturated rings. The average molecular weight is 225 g/mol. The predicted octanol–water partition coefficient (Wildman–Crippen LogP) is 0.775. The molecule has 1 aromatic heterocycles. The van der Waals surface area contributed by atoms with E-state index in [4.69, 9.17) is 9.84 Å². The Hall–Kier alpha value is -1.62. The molecule has 0 aliphatic heterocycles. The lowest BCUT2D eigenvalue weighted by molar-refractivity contribution is -0.142. The molecule has 16 heavy (non-hydrogen) atoms. The normalized spacial score (nSPS) is 10.1. The van der Waals surface area contributed by atoms with Crippen LogP contribution >= 0.6 is 0 Å². The van der Waals surface area contributed by atoms with Crippen molar-refractivity contribution in [3.05, 3.63) is 23.5 Å². The van der Waals surface area contributed by atoms with Gasteiger partial charge in [0, 0.05) is 13.5 Å². The highest BCUT2D eigenvalue weighted by molar-refractivity contribution is 5.65. The molecule has 0 aliphatic rings. The highest BCUT2D eigenvalue weighted by Gasteiger charge is 2.05. The fourth-order valence-corrected chi connectivity index (χ4v) is 1.26. The fraction of sp³-hybridized carbons (Fsp3) is 0.455. The zero-order valence-electron chi connectivity index (χ0n) is 9.14. The Kier molecular flexibility index (Phi) is 4.72. The van der Waals surface area contributed by atoms with Crippen molar-refractivity contribution in [2.24, 2.45) is 0 Å². The number of carbonyl (C=O) groups excluding carboxylic acids is 1. The van der Waals surface area contributed by atoms with Crippen LogP contribution < -0.4 is 0 Å². The van der Waals surface area contributed by atoms with E-state index in [-0.39, 0.29) is 24.9 Å². The van der Waals surface area contributed by atoms with Gasteiger partial charge in [0.25, 0.3) is 0 Å². The van der Waals surface area contributed by atoms with E-state index < -0.39 is 0 Å². The second-order valence-corrected chi connectivity index (χ2v) is 3.41. The molecule has 0 saturated heterocycles. The van der Waals surface area contributed by atoms with Crippen LogP contribution in [0.2, 0.25) is 0 Å². The molecule has 0 amide bonds. The number of aromatic hydroxyl groups is 1. The van der Waals surface area contributed by atoms with Gasteiger partial charge in [-0.15, -0.1) is 0 Å². The third-order valence-corrected chi connectivity index (χ3v) is 2.05. The van der Waals surface area contributed by atoms with Crippen LogP contribution in [0.5, 0.6) is 5.75 Å². The lowest BCUT2D eigenvalue weighted by Gasteiger charge is -2.06. The van der Waals surface area contributed by atoms with E-state index in [0.717, 1.165) is 0 Å². The molecular formula is C11H15NO4. The maximum Gasteiger partial charge on any atom is 0.303 e. The Morgan fingerprint density at radius 1 is 1.56 bits per heavy atom. The van der Waals surface area contributed by atoms with Gasteiger partial charge in [-0.25, -0.2) is 0 Å². The van der Waals surface area contributed by atoms with Crippen molar-refractivity contribution in [3.63, 3.8) is 0 Å². The Balaban J connectivity index is 2.68. The zero-order chi connectivity index (χ0) is 12.0. The number of esters is 1. The maximum atomic E-state index is 10.6. The van der Waals surface area contributed by atoms with Crippen LogP contribution in [-0.2, 0) is 22.6 Å². The van der Waals surface area contributed by atoms with Crippen molar-refractivity contribution in [1.82, 2.24) is 4.98 Å². The van der Waals surface area contributed by atoms with Gasteiger partial charge < -0.3 is 14.9 Å². The van der Waals surface area contributed by atoms with Crippen LogP contribution in [0.1, 0.15) is 24.6 Å². The average Bonchev–Trinajstić information content (AvgIpc) is 2.26. The summed E-state index contributed by atoms with van der Waals surface area (Å²) in [4.78, 5) is 14.5. The smallest absolute Gasteiger partial charge is 0.303 e. The van der Waals surface area contributed by atoms with Crippen LogP contribution in [0, 0.1) is 0 Å². The molecule has 0 radical (unpaired) electrons. The number of rotatable bonds is 5. The minimum atomic E-state index is -0.369. The Labute approximate surface area is 93.7 Å². The first-order valence-corrected chi connectivity index (χ1v) is 5.04. The number of aromatic nitrogens is 1. The highest BCUT2D eigenvalue weighted by atomic mass is 16.5. The largest absolute Gasteiger partial charge is 0.506 e. The molecule has 88 valence electrons. The first kappa shape index (κ1) is 12.4. The molecule has 1 rings (SSSR count). The summed E-state index contributed by atoms with van der Waals surface area (Å²) in [6.07, 6.45) is 2.47. The summed E-state index contributed by atoms with van der Waals surface area (Å²) in [5, 5.41) is 18.2. The van der Waals surface area contributed by atoms with Gasteiger partial charge in [-0.3, -0.25) is 9.78 Å². The molecule has 0 unspecified atom stereocenters. The first-order valence-electron chi connectivity index (χ1n) is 5.04. The summed E-state index contributed by atoms with van der Waals surface area (Å²) in [5.41, 5.74) is 1.28. The van der Waals surface area contributed by atoms with Gasteiger partial charge >= 0.3 is 5.97 Å². The molecule has 0 saturated carbocycles. The minimum Gasteiger partial charge on any atom is -0.506 e. The van der Waals surface area contributed by atoms with Gasteiger partial charge in [0.1, 0.15) is 12.4 Å². The molecule has 0 spiro atoms. The van der Waals surface area contributed by atoms with Crippen molar-refractivity contribution >= 4 is 5.97 Å². The van der Waals surface area contributed by atoms with E-state index in [0.29, 0.717) is 24.1 Å². The molecule has 5 heteroatoms.